The van der Waals surface area contributed by atoms with Crippen molar-refractivity contribution in [3.05, 3.63) is 35.4 Å². The van der Waals surface area contributed by atoms with Gasteiger partial charge in [0.15, 0.2) is 5.96 Å². The smallest absolute Gasteiger partial charge is 0.225 e. The molecule has 0 bridgehead atoms. The van der Waals surface area contributed by atoms with E-state index in [1.54, 1.807) is 7.05 Å². The first kappa shape index (κ1) is 26.6. The van der Waals surface area contributed by atoms with Crippen LogP contribution in [-0.2, 0) is 4.79 Å². The number of likely N-dealkylation sites (tertiary alicyclic amines) is 1. The highest BCUT2D eigenvalue weighted by molar-refractivity contribution is 14.0. The molecular formula is C22H35F2IN4O. The molecule has 1 saturated heterocycles. The molecular weight excluding hydrogens is 501 g/mol. The Bertz CT molecular complexity index is 704. The Morgan fingerprint density at radius 2 is 1.87 bits per heavy atom. The number of aliphatic imine (C=N–C) groups is 1. The highest BCUT2D eigenvalue weighted by atomic mass is 127. The molecule has 2 rings (SSSR count). The molecule has 0 aliphatic carbocycles. The highest BCUT2D eigenvalue weighted by Gasteiger charge is 2.26. The van der Waals surface area contributed by atoms with Crippen LogP contribution in [0.3, 0.4) is 0 Å². The van der Waals surface area contributed by atoms with Crippen molar-refractivity contribution < 1.29 is 13.6 Å². The number of guanidine groups is 1. The van der Waals surface area contributed by atoms with Gasteiger partial charge >= 0.3 is 0 Å². The molecule has 30 heavy (non-hydrogen) atoms. The molecule has 1 aliphatic rings. The lowest BCUT2D eigenvalue weighted by molar-refractivity contribution is -0.136. The molecule has 2 N–H and O–H groups in total. The average Bonchev–Trinajstić information content (AvgIpc) is 2.72. The number of piperidine rings is 1. The molecule has 0 saturated carbocycles. The molecule has 0 spiro atoms. The maximum Gasteiger partial charge on any atom is 0.225 e. The maximum atomic E-state index is 13.9. The van der Waals surface area contributed by atoms with E-state index in [1.807, 2.05) is 11.8 Å². The molecule has 170 valence electrons. The van der Waals surface area contributed by atoms with E-state index in [9.17, 15) is 13.6 Å². The third-order valence-electron chi connectivity index (χ3n) is 5.78. The van der Waals surface area contributed by atoms with Crippen molar-refractivity contribution in [2.45, 2.75) is 58.4 Å². The number of carbonyl (C=O) groups excluding carboxylic acids is 1. The number of hydrogen-bond acceptors (Lipinski definition) is 2. The number of halogens is 3. The van der Waals surface area contributed by atoms with Gasteiger partial charge in [-0.15, -0.1) is 24.0 Å². The number of carbonyl (C=O) groups is 1. The van der Waals surface area contributed by atoms with Gasteiger partial charge in [0, 0.05) is 50.6 Å². The number of nitrogens with one attached hydrogen (secondary N) is 2. The second kappa shape index (κ2) is 13.1. The van der Waals surface area contributed by atoms with Gasteiger partial charge in [-0.3, -0.25) is 9.79 Å². The summed E-state index contributed by atoms with van der Waals surface area (Å²) >= 11 is 0. The van der Waals surface area contributed by atoms with Gasteiger partial charge in [-0.05, 0) is 37.3 Å². The van der Waals surface area contributed by atoms with Crippen molar-refractivity contribution in [3.63, 3.8) is 0 Å². The molecule has 8 heteroatoms. The predicted molar refractivity (Wildman–Crippen MR) is 128 cm³/mol. The highest BCUT2D eigenvalue weighted by Crippen LogP contribution is 2.20. The summed E-state index contributed by atoms with van der Waals surface area (Å²) in [5.74, 6) is -0.180. The van der Waals surface area contributed by atoms with E-state index in [0.29, 0.717) is 18.1 Å². The fraction of sp³-hybridized carbons (Fsp3) is 0.636. The van der Waals surface area contributed by atoms with E-state index < -0.39 is 11.6 Å². The maximum absolute atomic E-state index is 13.9. The molecule has 0 aromatic heterocycles. The zero-order valence-corrected chi connectivity index (χ0v) is 20.7. The Morgan fingerprint density at radius 1 is 1.23 bits per heavy atom. The average molecular weight is 536 g/mol. The normalized spacial score (nSPS) is 16.2. The van der Waals surface area contributed by atoms with Crippen LogP contribution in [0.4, 0.5) is 8.78 Å². The number of amides is 1. The molecule has 1 aliphatic heterocycles. The Morgan fingerprint density at radius 3 is 2.40 bits per heavy atom. The predicted octanol–water partition coefficient (Wildman–Crippen LogP) is 4.28. The summed E-state index contributed by atoms with van der Waals surface area (Å²) in [6, 6.07) is 3.92. The number of nitrogens with zero attached hydrogens (tertiary/aromatic N) is 2. The first-order valence-corrected chi connectivity index (χ1v) is 10.6. The van der Waals surface area contributed by atoms with Gasteiger partial charge in [0.05, 0.1) is 0 Å². The van der Waals surface area contributed by atoms with E-state index in [4.69, 9.17) is 0 Å². The summed E-state index contributed by atoms with van der Waals surface area (Å²) < 4.78 is 27.0. The van der Waals surface area contributed by atoms with Crippen LogP contribution in [0.5, 0.6) is 0 Å². The van der Waals surface area contributed by atoms with E-state index in [-0.39, 0.29) is 47.8 Å². The van der Waals surface area contributed by atoms with Crippen LogP contribution in [0.15, 0.2) is 23.2 Å². The molecule has 1 atom stereocenters. The fourth-order valence-corrected chi connectivity index (χ4v) is 3.79. The van der Waals surface area contributed by atoms with Gasteiger partial charge in [0.25, 0.3) is 0 Å². The third-order valence-corrected chi connectivity index (χ3v) is 5.78. The molecule has 0 radical (unpaired) electrons. The summed E-state index contributed by atoms with van der Waals surface area (Å²) in [7, 11) is 1.70. The molecule has 1 aromatic rings. The Balaban J connectivity index is 0.00000450. The SMILES string of the molecule is CCC(CC)C(=O)N1CCC(NC(=NC)NCC(C)c2ccc(F)cc2F)CC1.I. The largest absolute Gasteiger partial charge is 0.356 e. The minimum Gasteiger partial charge on any atom is -0.356 e. The first-order valence-electron chi connectivity index (χ1n) is 10.6. The molecule has 1 aromatic carbocycles. The van der Waals surface area contributed by atoms with Crippen LogP contribution in [0.2, 0.25) is 0 Å². The topological polar surface area (TPSA) is 56.7 Å². The van der Waals surface area contributed by atoms with Crippen molar-refractivity contribution in [1.29, 1.82) is 0 Å². The van der Waals surface area contributed by atoms with E-state index >= 15 is 0 Å². The lowest BCUT2D eigenvalue weighted by Crippen LogP contribution is -2.51. The van der Waals surface area contributed by atoms with Crippen molar-refractivity contribution >= 4 is 35.8 Å². The molecule has 1 heterocycles. The van der Waals surface area contributed by atoms with Crippen molar-refractivity contribution in [2.75, 3.05) is 26.7 Å². The zero-order valence-electron chi connectivity index (χ0n) is 18.4. The second-order valence-electron chi connectivity index (χ2n) is 7.78. The van der Waals surface area contributed by atoms with Crippen molar-refractivity contribution in [1.82, 2.24) is 15.5 Å². The van der Waals surface area contributed by atoms with Gasteiger partial charge in [-0.2, -0.15) is 0 Å². The Labute approximate surface area is 196 Å². The second-order valence-corrected chi connectivity index (χ2v) is 7.78. The van der Waals surface area contributed by atoms with E-state index in [0.717, 1.165) is 44.8 Å². The summed E-state index contributed by atoms with van der Waals surface area (Å²) in [6.45, 7) is 8.00. The lowest BCUT2D eigenvalue weighted by atomic mass is 9.98. The van der Waals surface area contributed by atoms with Crippen LogP contribution in [0, 0.1) is 17.6 Å². The zero-order chi connectivity index (χ0) is 21.4. The summed E-state index contributed by atoms with van der Waals surface area (Å²) in [5, 5.41) is 6.63. The van der Waals surface area contributed by atoms with E-state index in [2.05, 4.69) is 29.5 Å². The quantitative estimate of drug-likeness (QED) is 0.311. The monoisotopic (exact) mass is 536 g/mol. The van der Waals surface area contributed by atoms with E-state index in [1.165, 1.54) is 12.1 Å². The van der Waals surface area contributed by atoms with Gasteiger partial charge in [0.1, 0.15) is 11.6 Å². The van der Waals surface area contributed by atoms with Crippen LogP contribution >= 0.6 is 24.0 Å². The van der Waals surface area contributed by atoms with Crippen LogP contribution < -0.4 is 10.6 Å². The number of hydrogen-bond donors (Lipinski definition) is 2. The minimum absolute atomic E-state index is 0. The number of rotatable bonds is 7. The molecule has 5 nitrogen and oxygen atoms in total. The van der Waals surface area contributed by atoms with Crippen LogP contribution in [0.25, 0.3) is 0 Å². The Kier molecular flexibility index (Phi) is 11.6. The summed E-state index contributed by atoms with van der Waals surface area (Å²) in [6.07, 6.45) is 3.51. The van der Waals surface area contributed by atoms with Crippen LogP contribution in [-0.4, -0.2) is 49.5 Å². The van der Waals surface area contributed by atoms with Gasteiger partial charge in [0.2, 0.25) is 5.91 Å². The van der Waals surface area contributed by atoms with Crippen LogP contribution in [0.1, 0.15) is 57.9 Å². The first-order chi connectivity index (χ1) is 13.9. The molecule has 1 fully saturated rings. The van der Waals surface area contributed by atoms with Gasteiger partial charge < -0.3 is 15.5 Å². The van der Waals surface area contributed by atoms with Gasteiger partial charge in [-0.1, -0.05) is 26.8 Å². The summed E-state index contributed by atoms with van der Waals surface area (Å²) in [4.78, 5) is 18.8. The number of benzene rings is 1. The lowest BCUT2D eigenvalue weighted by Gasteiger charge is -2.35. The van der Waals surface area contributed by atoms with Crippen molar-refractivity contribution in [2.24, 2.45) is 10.9 Å². The standard InChI is InChI=1S/C22H34F2N4O.HI/c1-5-16(6-2)21(29)28-11-9-18(10-12-28)27-22(25-4)26-14-15(3)19-8-7-17(23)13-20(19)24;/h7-8,13,15-16,18H,5-6,9-12,14H2,1-4H3,(H2,25,26,27);1H. The Hall–Kier alpha value is -1.45. The summed E-state index contributed by atoms with van der Waals surface area (Å²) in [5.41, 5.74) is 0.475. The fourth-order valence-electron chi connectivity index (χ4n) is 3.79. The van der Waals surface area contributed by atoms with Gasteiger partial charge in [-0.25, -0.2) is 8.78 Å². The van der Waals surface area contributed by atoms with Crippen molar-refractivity contribution in [3.8, 4) is 0 Å². The third kappa shape index (κ3) is 7.35. The molecule has 1 unspecified atom stereocenters. The minimum atomic E-state index is -0.571. The molecule has 1 amide bonds.